The third-order valence-electron chi connectivity index (χ3n) is 8.70. The van der Waals surface area contributed by atoms with Gasteiger partial charge in [0.25, 0.3) is 11.5 Å². The van der Waals surface area contributed by atoms with Gasteiger partial charge in [-0.05, 0) is 48.4 Å². The number of carbonyl (C=O) groups excluding carboxylic acids is 2. The zero-order chi connectivity index (χ0) is 29.7. The van der Waals surface area contributed by atoms with Crippen LogP contribution in [0, 0.1) is 0 Å². The van der Waals surface area contributed by atoms with Crippen LogP contribution in [0.3, 0.4) is 0 Å². The fourth-order valence-corrected chi connectivity index (χ4v) is 6.77. The first-order valence-corrected chi connectivity index (χ1v) is 14.9. The van der Waals surface area contributed by atoms with Gasteiger partial charge in [-0.1, -0.05) is 18.2 Å². The maximum Gasteiger partial charge on any atom is 0.302 e. The number of hydrogen-bond acceptors (Lipinski definition) is 7. The van der Waals surface area contributed by atoms with Crippen LogP contribution < -0.4 is 21.5 Å². The first-order valence-electron chi connectivity index (χ1n) is 14.9. The smallest absolute Gasteiger partial charge is 0.302 e. The number of amides is 1. The third kappa shape index (κ3) is 4.83. The molecule has 0 saturated heterocycles. The predicted molar refractivity (Wildman–Crippen MR) is 162 cm³/mol. The molecule has 0 atom stereocenters. The Hall–Kier alpha value is -4.64. The number of aromatic nitrogens is 4. The minimum atomic E-state index is -0.388. The second kappa shape index (κ2) is 10.9. The molecule has 11 heteroatoms. The van der Waals surface area contributed by atoms with Gasteiger partial charge in [0.1, 0.15) is 18.0 Å². The number of benzene rings is 1. The molecule has 4 aromatic rings. The molecule has 5 heterocycles. The zero-order valence-corrected chi connectivity index (χ0v) is 24.5. The number of ether oxygens (including phenoxy) is 1. The van der Waals surface area contributed by atoms with E-state index in [-0.39, 0.29) is 24.0 Å². The SMILES string of the molecule is CC(=O)OCc1c(-c2cc(Nc3cc4n(n3)CCNC4)c(=O)n(C)c2)cccc1-c1c2c(n3c1C(=O)NCC3)CCCC2. The standard InChI is InChI=1S/C32H35N7O4/c1-19(40)43-18-25-22(20-14-26(32(42)37(2)17-20)35-28-15-21-16-33-10-13-39(21)36-28)7-5-8-23(25)29-24-6-3-4-9-27(24)38-12-11-34-31(41)30(29)38/h5,7-8,14-15,17,33H,3-4,6,9-13,16,18H2,1-2H3,(H,34,41)(H,35,36). The zero-order valence-electron chi connectivity index (χ0n) is 24.5. The Morgan fingerprint density at radius 2 is 1.93 bits per heavy atom. The van der Waals surface area contributed by atoms with E-state index in [1.807, 2.05) is 35.0 Å². The van der Waals surface area contributed by atoms with Crippen molar-refractivity contribution in [2.75, 3.05) is 18.4 Å². The van der Waals surface area contributed by atoms with Crippen LogP contribution in [0.2, 0.25) is 0 Å². The predicted octanol–water partition coefficient (Wildman–Crippen LogP) is 3.25. The molecule has 222 valence electrons. The van der Waals surface area contributed by atoms with Crippen LogP contribution >= 0.6 is 0 Å². The number of aryl methyl sites for hydroxylation is 1. The van der Waals surface area contributed by atoms with Crippen LogP contribution in [0.15, 0.2) is 41.3 Å². The van der Waals surface area contributed by atoms with Crippen molar-refractivity contribution in [2.45, 2.75) is 58.8 Å². The number of pyridine rings is 1. The molecule has 11 nitrogen and oxygen atoms in total. The van der Waals surface area contributed by atoms with Gasteiger partial charge in [-0.15, -0.1) is 0 Å². The Morgan fingerprint density at radius 1 is 1.09 bits per heavy atom. The van der Waals surface area contributed by atoms with Crippen molar-refractivity contribution in [3.8, 4) is 22.3 Å². The number of anilines is 2. The molecule has 0 fully saturated rings. The van der Waals surface area contributed by atoms with E-state index >= 15 is 0 Å². The van der Waals surface area contributed by atoms with Crippen molar-refractivity contribution in [1.29, 1.82) is 0 Å². The average Bonchev–Trinajstić information content (AvgIpc) is 3.57. The van der Waals surface area contributed by atoms with Gasteiger partial charge in [-0.3, -0.25) is 19.1 Å². The quantitative estimate of drug-likeness (QED) is 0.299. The summed E-state index contributed by atoms with van der Waals surface area (Å²) >= 11 is 0. The lowest BCUT2D eigenvalue weighted by atomic mass is 9.87. The van der Waals surface area contributed by atoms with E-state index in [1.165, 1.54) is 18.2 Å². The third-order valence-corrected chi connectivity index (χ3v) is 8.70. The van der Waals surface area contributed by atoms with Crippen LogP contribution in [0.1, 0.15) is 52.8 Å². The topological polar surface area (TPSA) is 124 Å². The van der Waals surface area contributed by atoms with E-state index < -0.39 is 0 Å². The monoisotopic (exact) mass is 581 g/mol. The molecule has 0 unspecified atom stereocenters. The molecule has 3 aromatic heterocycles. The molecule has 0 saturated carbocycles. The Bertz CT molecular complexity index is 1810. The van der Waals surface area contributed by atoms with Gasteiger partial charge in [0.15, 0.2) is 5.82 Å². The maximum absolute atomic E-state index is 13.3. The molecule has 0 spiro atoms. The lowest BCUT2D eigenvalue weighted by Crippen LogP contribution is -2.36. The molecule has 3 N–H and O–H groups in total. The van der Waals surface area contributed by atoms with Gasteiger partial charge in [-0.2, -0.15) is 5.10 Å². The van der Waals surface area contributed by atoms with E-state index in [0.29, 0.717) is 23.7 Å². The van der Waals surface area contributed by atoms with E-state index in [2.05, 4.69) is 25.6 Å². The molecule has 1 amide bonds. The number of hydrogen-bond donors (Lipinski definition) is 3. The lowest BCUT2D eigenvalue weighted by molar-refractivity contribution is -0.142. The summed E-state index contributed by atoms with van der Waals surface area (Å²) in [5.74, 6) is 0.145. The number of esters is 1. The second-order valence-corrected chi connectivity index (χ2v) is 11.5. The van der Waals surface area contributed by atoms with Crippen LogP contribution in [0.25, 0.3) is 22.3 Å². The van der Waals surface area contributed by atoms with Crippen molar-refractivity contribution in [3.05, 3.63) is 75.1 Å². The first-order chi connectivity index (χ1) is 20.9. The highest BCUT2D eigenvalue weighted by Crippen LogP contribution is 2.42. The molecule has 7 rings (SSSR count). The van der Waals surface area contributed by atoms with Crippen LogP contribution in [-0.4, -0.2) is 43.9 Å². The van der Waals surface area contributed by atoms with Crippen LogP contribution in [-0.2, 0) is 55.7 Å². The van der Waals surface area contributed by atoms with Crippen LogP contribution in [0.4, 0.5) is 11.5 Å². The van der Waals surface area contributed by atoms with Gasteiger partial charge >= 0.3 is 5.97 Å². The second-order valence-electron chi connectivity index (χ2n) is 11.5. The summed E-state index contributed by atoms with van der Waals surface area (Å²) in [7, 11) is 1.72. The lowest BCUT2D eigenvalue weighted by Gasteiger charge is -2.21. The van der Waals surface area contributed by atoms with Gasteiger partial charge in [0.2, 0.25) is 0 Å². The Labute approximate surface area is 248 Å². The van der Waals surface area contributed by atoms with Gasteiger partial charge in [0, 0.05) is 74.8 Å². The molecule has 2 aliphatic heterocycles. The van der Waals surface area contributed by atoms with Gasteiger partial charge < -0.3 is 29.8 Å². The van der Waals surface area contributed by atoms with E-state index in [4.69, 9.17) is 4.74 Å². The Kier molecular flexibility index (Phi) is 6.89. The van der Waals surface area contributed by atoms with Crippen molar-refractivity contribution in [3.63, 3.8) is 0 Å². The van der Waals surface area contributed by atoms with Gasteiger partial charge in [0.05, 0.1) is 12.2 Å². The van der Waals surface area contributed by atoms with Crippen LogP contribution in [0.5, 0.6) is 0 Å². The van der Waals surface area contributed by atoms with Crippen molar-refractivity contribution < 1.29 is 14.3 Å². The first kappa shape index (κ1) is 27.2. The summed E-state index contributed by atoms with van der Waals surface area (Å²) in [4.78, 5) is 38.6. The molecule has 1 aliphatic carbocycles. The Morgan fingerprint density at radius 3 is 2.77 bits per heavy atom. The minimum absolute atomic E-state index is 0.0359. The van der Waals surface area contributed by atoms with Gasteiger partial charge in [-0.25, -0.2) is 0 Å². The minimum Gasteiger partial charge on any atom is -0.461 e. The summed E-state index contributed by atoms with van der Waals surface area (Å²) in [6.45, 7) is 5.13. The Balaban J connectivity index is 1.38. The van der Waals surface area contributed by atoms with E-state index in [1.54, 1.807) is 17.8 Å². The molecular formula is C32H35N7O4. The van der Waals surface area contributed by atoms with Crippen molar-refractivity contribution in [2.24, 2.45) is 7.05 Å². The summed E-state index contributed by atoms with van der Waals surface area (Å²) in [5, 5.41) is 14.3. The number of carbonyl (C=O) groups is 2. The highest BCUT2D eigenvalue weighted by molar-refractivity contribution is 6.02. The number of nitrogens with zero attached hydrogens (tertiary/aromatic N) is 4. The fraction of sp³-hybridized carbons (Fsp3) is 0.375. The molecular weight excluding hydrogens is 546 g/mol. The van der Waals surface area contributed by atoms with Crippen molar-refractivity contribution in [1.82, 2.24) is 29.5 Å². The normalized spacial score (nSPS) is 15.7. The molecule has 1 aromatic carbocycles. The molecule has 0 radical (unpaired) electrons. The average molecular weight is 582 g/mol. The molecule has 3 aliphatic rings. The highest BCUT2D eigenvalue weighted by atomic mass is 16.5. The van der Waals surface area contributed by atoms with E-state index in [0.717, 1.165) is 85.4 Å². The van der Waals surface area contributed by atoms with Crippen molar-refractivity contribution >= 4 is 23.4 Å². The summed E-state index contributed by atoms with van der Waals surface area (Å²) in [6.07, 6.45) is 5.80. The number of nitrogens with one attached hydrogen (secondary N) is 3. The number of fused-ring (bicyclic) bond motifs is 4. The summed E-state index contributed by atoms with van der Waals surface area (Å²) < 4.78 is 11.3. The molecule has 43 heavy (non-hydrogen) atoms. The highest BCUT2D eigenvalue weighted by Gasteiger charge is 2.32. The van der Waals surface area contributed by atoms with E-state index in [9.17, 15) is 14.4 Å². The number of rotatable bonds is 6. The summed E-state index contributed by atoms with van der Waals surface area (Å²) in [6, 6.07) is 9.74. The summed E-state index contributed by atoms with van der Waals surface area (Å²) in [5.41, 5.74) is 8.60. The fourth-order valence-electron chi connectivity index (χ4n) is 6.77. The molecule has 0 bridgehead atoms. The largest absolute Gasteiger partial charge is 0.461 e. The maximum atomic E-state index is 13.3.